The molecule has 3 amide bonds. The molecular weight excluding hydrogens is 497 g/mol. The van der Waals surface area contributed by atoms with Crippen LogP contribution < -0.4 is 26.4 Å². The summed E-state index contributed by atoms with van der Waals surface area (Å²) in [7, 11) is 1.44. The van der Waals surface area contributed by atoms with E-state index in [2.05, 4.69) is 9.69 Å². The maximum absolute atomic E-state index is 14.1. The molecule has 0 aliphatic heterocycles. The van der Waals surface area contributed by atoms with Crippen molar-refractivity contribution in [2.24, 2.45) is 11.7 Å². The molecule has 2 aromatic carbocycles. The van der Waals surface area contributed by atoms with Gasteiger partial charge in [0.25, 0.3) is 11.8 Å². The summed E-state index contributed by atoms with van der Waals surface area (Å²) in [5.74, 6) is -1.90. The van der Waals surface area contributed by atoms with Gasteiger partial charge in [0.2, 0.25) is 5.91 Å². The first-order valence-electron chi connectivity index (χ1n) is 11.6. The van der Waals surface area contributed by atoms with E-state index >= 15 is 0 Å². The molecule has 0 radical (unpaired) electrons. The lowest BCUT2D eigenvalue weighted by atomic mass is 10.0. The third kappa shape index (κ3) is 6.23. The number of carbonyl (C=O) groups is 3. The number of carbonyl (C=O) groups excluding carboxylic acids is 3. The topological polar surface area (TPSA) is 141 Å². The molecule has 0 bridgehead atoms. The minimum Gasteiger partial charge on any atom is -0.495 e. The summed E-state index contributed by atoms with van der Waals surface area (Å²) in [6.07, 6.45) is 0.716. The molecule has 196 valence electrons. The largest absolute Gasteiger partial charge is 0.495 e. The van der Waals surface area contributed by atoms with Crippen molar-refractivity contribution in [2.45, 2.75) is 33.2 Å². The highest BCUT2D eigenvalue weighted by Crippen LogP contribution is 2.38. The number of amides is 3. The summed E-state index contributed by atoms with van der Waals surface area (Å²) >= 11 is 0.702. The molecule has 3 rings (SSSR count). The molecule has 0 fully saturated rings. The first-order chi connectivity index (χ1) is 17.5. The highest BCUT2D eigenvalue weighted by molar-refractivity contribution is 7.09. The minimum absolute atomic E-state index is 0.0700. The van der Waals surface area contributed by atoms with Crippen LogP contribution in [0.25, 0.3) is 0 Å². The van der Waals surface area contributed by atoms with Gasteiger partial charge in [-0.3, -0.25) is 19.3 Å². The van der Waals surface area contributed by atoms with Gasteiger partial charge in [-0.1, -0.05) is 32.0 Å². The number of hydrogen-bond donors (Lipinski definition) is 3. The number of methoxy groups -OCH3 is 1. The van der Waals surface area contributed by atoms with E-state index in [-0.39, 0.29) is 21.9 Å². The van der Waals surface area contributed by atoms with E-state index in [4.69, 9.17) is 16.2 Å². The van der Waals surface area contributed by atoms with Gasteiger partial charge in [-0.05, 0) is 66.2 Å². The molecule has 1 atom stereocenters. The highest BCUT2D eigenvalue weighted by Gasteiger charge is 2.37. The van der Waals surface area contributed by atoms with Crippen molar-refractivity contribution in [1.29, 1.82) is 0 Å². The fraction of sp³-hybridized carbons (Fsp3) is 0.308. The maximum Gasteiger partial charge on any atom is 0.273 e. The average molecular weight is 528 g/mol. The van der Waals surface area contributed by atoms with E-state index in [1.165, 1.54) is 36.3 Å². The normalized spacial score (nSPS) is 11.7. The second kappa shape index (κ2) is 11.8. The SMILES string of the molecule is COc1ccc(C)cc1N(C(=O)c1snc(C(N)=O)c1N)[C@@H](C(=O)NCCC(C)C)c1ccc(F)cc1. The number of ether oxygens (including phenoxy) is 1. The van der Waals surface area contributed by atoms with Gasteiger partial charge in [-0.25, -0.2) is 4.39 Å². The van der Waals surface area contributed by atoms with Gasteiger partial charge in [0.15, 0.2) is 5.69 Å². The van der Waals surface area contributed by atoms with Gasteiger partial charge in [-0.15, -0.1) is 0 Å². The van der Waals surface area contributed by atoms with Gasteiger partial charge < -0.3 is 21.5 Å². The Labute approximate surface area is 218 Å². The van der Waals surface area contributed by atoms with Crippen LogP contribution in [0.15, 0.2) is 42.5 Å². The smallest absolute Gasteiger partial charge is 0.273 e. The van der Waals surface area contributed by atoms with Crippen molar-refractivity contribution in [1.82, 2.24) is 9.69 Å². The van der Waals surface area contributed by atoms with Crippen molar-refractivity contribution in [2.75, 3.05) is 24.3 Å². The molecule has 37 heavy (non-hydrogen) atoms. The van der Waals surface area contributed by atoms with Crippen LogP contribution in [0.3, 0.4) is 0 Å². The zero-order chi connectivity index (χ0) is 27.3. The molecule has 0 aliphatic rings. The molecule has 0 spiro atoms. The number of nitrogens with zero attached hydrogens (tertiary/aromatic N) is 2. The maximum atomic E-state index is 14.1. The molecule has 3 aromatic rings. The summed E-state index contributed by atoms with van der Waals surface area (Å²) < 4.78 is 23.3. The van der Waals surface area contributed by atoms with Gasteiger partial charge >= 0.3 is 0 Å². The predicted octanol–water partition coefficient (Wildman–Crippen LogP) is 3.83. The zero-order valence-electron chi connectivity index (χ0n) is 21.1. The van der Waals surface area contributed by atoms with Crippen LogP contribution in [0.4, 0.5) is 15.8 Å². The van der Waals surface area contributed by atoms with E-state index in [0.29, 0.717) is 41.7 Å². The Kier molecular flexibility index (Phi) is 8.82. The zero-order valence-corrected chi connectivity index (χ0v) is 21.9. The van der Waals surface area contributed by atoms with Crippen molar-refractivity contribution in [3.63, 3.8) is 0 Å². The number of hydrogen-bond acceptors (Lipinski definition) is 7. The number of rotatable bonds is 10. The van der Waals surface area contributed by atoms with Crippen LogP contribution in [0, 0.1) is 18.7 Å². The number of anilines is 2. The highest BCUT2D eigenvalue weighted by atomic mass is 32.1. The molecular formula is C26H30FN5O4S. The number of benzene rings is 2. The minimum atomic E-state index is -1.23. The van der Waals surface area contributed by atoms with Crippen molar-refractivity contribution in [3.05, 3.63) is 70.0 Å². The third-order valence-corrected chi connectivity index (χ3v) is 6.53. The molecule has 0 saturated heterocycles. The Bertz CT molecular complexity index is 1290. The molecule has 11 heteroatoms. The van der Waals surface area contributed by atoms with Gasteiger partial charge in [0, 0.05) is 6.54 Å². The fourth-order valence-corrected chi connectivity index (χ4v) is 4.48. The monoisotopic (exact) mass is 527 g/mol. The van der Waals surface area contributed by atoms with Crippen molar-refractivity contribution in [3.8, 4) is 5.75 Å². The summed E-state index contributed by atoms with van der Waals surface area (Å²) in [4.78, 5) is 40.7. The number of nitrogen functional groups attached to an aromatic ring is 1. The van der Waals surface area contributed by atoms with Gasteiger partial charge in [-0.2, -0.15) is 4.37 Å². The predicted molar refractivity (Wildman–Crippen MR) is 141 cm³/mol. The lowest BCUT2D eigenvalue weighted by molar-refractivity contribution is -0.122. The summed E-state index contributed by atoms with van der Waals surface area (Å²) in [6.45, 7) is 6.25. The van der Waals surface area contributed by atoms with E-state index in [9.17, 15) is 18.8 Å². The Morgan fingerprint density at radius 2 is 1.84 bits per heavy atom. The lowest BCUT2D eigenvalue weighted by Gasteiger charge is -2.32. The first kappa shape index (κ1) is 27.6. The second-order valence-corrected chi connectivity index (χ2v) is 9.69. The first-order valence-corrected chi connectivity index (χ1v) is 12.4. The second-order valence-electron chi connectivity index (χ2n) is 8.92. The Balaban J connectivity index is 2.24. The molecule has 5 N–H and O–H groups in total. The van der Waals surface area contributed by atoms with Crippen LogP contribution in [-0.4, -0.2) is 35.7 Å². The quantitative estimate of drug-likeness (QED) is 0.366. The van der Waals surface area contributed by atoms with Crippen LogP contribution in [-0.2, 0) is 4.79 Å². The lowest BCUT2D eigenvalue weighted by Crippen LogP contribution is -2.44. The van der Waals surface area contributed by atoms with E-state index in [1.54, 1.807) is 18.2 Å². The molecule has 9 nitrogen and oxygen atoms in total. The van der Waals surface area contributed by atoms with Crippen LogP contribution >= 0.6 is 11.5 Å². The summed E-state index contributed by atoms with van der Waals surface area (Å²) in [5, 5.41) is 2.89. The number of nitrogens with one attached hydrogen (secondary N) is 1. The van der Waals surface area contributed by atoms with E-state index in [1.807, 2.05) is 20.8 Å². The standard InChI is InChI=1S/C26H30FN5O4S/c1-14(2)11-12-30-25(34)22(16-6-8-17(27)9-7-16)32(18-13-15(3)5-10-19(18)36-4)26(35)23-20(28)21(24(29)33)31-37-23/h5-10,13-14,22H,11-12,28H2,1-4H3,(H2,29,33)(H,30,34)/t22-/m1/s1. The van der Waals surface area contributed by atoms with E-state index in [0.717, 1.165) is 5.56 Å². The molecule has 0 unspecified atom stereocenters. The van der Waals surface area contributed by atoms with Crippen LogP contribution in [0.2, 0.25) is 0 Å². The Morgan fingerprint density at radius 3 is 2.41 bits per heavy atom. The molecule has 1 heterocycles. The van der Waals surface area contributed by atoms with Crippen LogP contribution in [0.1, 0.15) is 57.6 Å². The van der Waals surface area contributed by atoms with Gasteiger partial charge in [0.1, 0.15) is 22.5 Å². The summed E-state index contributed by atoms with van der Waals surface area (Å²) in [6, 6.07) is 9.25. The molecule has 1 aromatic heterocycles. The number of aryl methyl sites for hydroxylation is 1. The Hall–Kier alpha value is -3.99. The van der Waals surface area contributed by atoms with Crippen LogP contribution in [0.5, 0.6) is 5.75 Å². The summed E-state index contributed by atoms with van der Waals surface area (Å²) in [5.41, 5.74) is 12.5. The Morgan fingerprint density at radius 1 is 1.16 bits per heavy atom. The van der Waals surface area contributed by atoms with Crippen molar-refractivity contribution >= 4 is 40.6 Å². The number of nitrogens with two attached hydrogens (primary N) is 2. The average Bonchev–Trinajstić information content (AvgIpc) is 3.24. The molecule has 0 aliphatic carbocycles. The van der Waals surface area contributed by atoms with E-state index < -0.39 is 29.6 Å². The third-order valence-electron chi connectivity index (χ3n) is 5.68. The number of aromatic nitrogens is 1. The number of halogens is 1. The van der Waals surface area contributed by atoms with Crippen molar-refractivity contribution < 1.29 is 23.5 Å². The number of primary amides is 1. The van der Waals surface area contributed by atoms with Gasteiger partial charge in [0.05, 0.1) is 18.5 Å². The molecule has 0 saturated carbocycles. The fourth-order valence-electron chi connectivity index (χ4n) is 3.74.